The summed E-state index contributed by atoms with van der Waals surface area (Å²) >= 11 is 0. The predicted octanol–water partition coefficient (Wildman–Crippen LogP) is 3.79. The van der Waals surface area contributed by atoms with Gasteiger partial charge in [-0.1, -0.05) is 12.1 Å². The smallest absolute Gasteiger partial charge is 0.387 e. The molecular weight excluding hydrogens is 308 g/mol. The first-order chi connectivity index (χ1) is 11.1. The maximum atomic E-state index is 12.0. The number of fused-ring (bicyclic) bond motifs is 1. The molecule has 0 atom stereocenters. The van der Waals surface area contributed by atoms with Crippen LogP contribution >= 0.6 is 0 Å². The molecule has 0 unspecified atom stereocenters. The average Bonchev–Trinajstić information content (AvgIpc) is 2.95. The Bertz CT molecular complexity index is 781. The first kappa shape index (κ1) is 15.0. The van der Waals surface area contributed by atoms with Crippen molar-refractivity contribution in [1.82, 2.24) is 4.98 Å². The van der Waals surface area contributed by atoms with Gasteiger partial charge >= 0.3 is 12.6 Å². The van der Waals surface area contributed by atoms with Crippen LogP contribution in [0.3, 0.4) is 0 Å². The Morgan fingerprint density at radius 2 is 1.87 bits per heavy atom. The topological polar surface area (TPSA) is 61.6 Å². The monoisotopic (exact) mass is 319 g/mol. The van der Waals surface area contributed by atoms with Gasteiger partial charge in [-0.3, -0.25) is 0 Å². The van der Waals surface area contributed by atoms with E-state index in [1.54, 1.807) is 12.1 Å². The number of para-hydroxylation sites is 2. The summed E-state index contributed by atoms with van der Waals surface area (Å²) < 4.78 is 38.8. The van der Waals surface area contributed by atoms with E-state index in [1.807, 2.05) is 12.1 Å². The van der Waals surface area contributed by atoms with E-state index in [0.29, 0.717) is 11.1 Å². The molecule has 23 heavy (non-hydrogen) atoms. The Kier molecular flexibility index (Phi) is 4.18. The van der Waals surface area contributed by atoms with Crippen LogP contribution in [-0.2, 0) is 11.3 Å². The standard InChI is InChI=1S/C16H11F2NO4/c17-16(18)22-11-7-5-10(6-8-11)15(20)21-9-14-19-12-3-1-2-4-13(12)23-14/h1-8,16H,9H2. The molecule has 3 rings (SSSR count). The van der Waals surface area contributed by atoms with Gasteiger partial charge in [0.15, 0.2) is 12.2 Å². The number of aromatic nitrogens is 1. The molecule has 0 fully saturated rings. The summed E-state index contributed by atoms with van der Waals surface area (Å²) in [6, 6.07) is 12.4. The minimum Gasteiger partial charge on any atom is -0.452 e. The SMILES string of the molecule is O=C(OCc1nc2ccccc2o1)c1ccc(OC(F)F)cc1. The second-order valence-corrected chi connectivity index (χ2v) is 4.55. The van der Waals surface area contributed by atoms with E-state index in [2.05, 4.69) is 9.72 Å². The van der Waals surface area contributed by atoms with E-state index >= 15 is 0 Å². The molecule has 7 heteroatoms. The van der Waals surface area contributed by atoms with Gasteiger partial charge in [-0.2, -0.15) is 8.78 Å². The maximum absolute atomic E-state index is 12.0. The van der Waals surface area contributed by atoms with Gasteiger partial charge in [-0.15, -0.1) is 0 Å². The third kappa shape index (κ3) is 3.63. The second-order valence-electron chi connectivity index (χ2n) is 4.55. The minimum absolute atomic E-state index is 0.0319. The lowest BCUT2D eigenvalue weighted by molar-refractivity contribution is -0.0498. The van der Waals surface area contributed by atoms with Crippen molar-refractivity contribution in [2.75, 3.05) is 0 Å². The van der Waals surface area contributed by atoms with E-state index < -0.39 is 12.6 Å². The first-order valence-corrected chi connectivity index (χ1v) is 6.68. The molecule has 0 N–H and O–H groups in total. The summed E-state index contributed by atoms with van der Waals surface area (Å²) in [6.45, 7) is -3.03. The van der Waals surface area contributed by atoms with Gasteiger partial charge in [0.2, 0.25) is 5.89 Å². The number of rotatable bonds is 5. The molecule has 0 saturated heterocycles. The van der Waals surface area contributed by atoms with Crippen molar-refractivity contribution in [1.29, 1.82) is 0 Å². The summed E-state index contributed by atoms with van der Waals surface area (Å²) in [5.41, 5.74) is 1.49. The number of halogens is 2. The summed E-state index contributed by atoms with van der Waals surface area (Å²) in [5, 5.41) is 0. The molecule has 0 amide bonds. The third-order valence-electron chi connectivity index (χ3n) is 2.98. The number of ether oxygens (including phenoxy) is 2. The zero-order chi connectivity index (χ0) is 16.2. The lowest BCUT2D eigenvalue weighted by atomic mass is 10.2. The molecule has 5 nitrogen and oxygen atoms in total. The molecule has 0 aliphatic heterocycles. The number of hydrogen-bond acceptors (Lipinski definition) is 5. The van der Waals surface area contributed by atoms with Crippen LogP contribution in [0.1, 0.15) is 16.2 Å². The predicted molar refractivity (Wildman–Crippen MR) is 76.2 cm³/mol. The summed E-state index contributed by atoms with van der Waals surface area (Å²) in [6.07, 6.45) is 0. The molecule has 0 saturated carbocycles. The molecule has 3 aromatic rings. The number of carbonyl (C=O) groups is 1. The van der Waals surface area contributed by atoms with Crippen LogP contribution < -0.4 is 4.74 Å². The minimum atomic E-state index is -2.91. The Balaban J connectivity index is 1.62. The number of benzene rings is 2. The molecule has 2 aromatic carbocycles. The fraction of sp³-hybridized carbons (Fsp3) is 0.125. The fourth-order valence-corrected chi connectivity index (χ4v) is 1.96. The van der Waals surface area contributed by atoms with E-state index in [4.69, 9.17) is 9.15 Å². The van der Waals surface area contributed by atoms with Gasteiger partial charge in [0.1, 0.15) is 11.3 Å². The van der Waals surface area contributed by atoms with Gasteiger partial charge in [-0.25, -0.2) is 9.78 Å². The van der Waals surface area contributed by atoms with Gasteiger partial charge in [-0.05, 0) is 36.4 Å². The Hall–Kier alpha value is -2.96. The van der Waals surface area contributed by atoms with E-state index in [9.17, 15) is 13.6 Å². The molecule has 118 valence electrons. The fourth-order valence-electron chi connectivity index (χ4n) is 1.96. The van der Waals surface area contributed by atoms with Crippen LogP contribution in [0, 0.1) is 0 Å². The van der Waals surface area contributed by atoms with E-state index in [0.717, 1.165) is 0 Å². The zero-order valence-electron chi connectivity index (χ0n) is 11.7. The highest BCUT2D eigenvalue weighted by molar-refractivity contribution is 5.89. The largest absolute Gasteiger partial charge is 0.452 e. The van der Waals surface area contributed by atoms with E-state index in [-0.39, 0.29) is 23.8 Å². The molecule has 1 heterocycles. The highest BCUT2D eigenvalue weighted by Gasteiger charge is 2.12. The van der Waals surface area contributed by atoms with Crippen LogP contribution in [0.2, 0.25) is 0 Å². The number of nitrogens with zero attached hydrogens (tertiary/aromatic N) is 1. The van der Waals surface area contributed by atoms with Crippen molar-refractivity contribution in [2.24, 2.45) is 0 Å². The number of hydrogen-bond donors (Lipinski definition) is 0. The summed E-state index contributed by atoms with van der Waals surface area (Å²) in [7, 11) is 0. The molecule has 0 aliphatic rings. The number of esters is 1. The first-order valence-electron chi connectivity index (χ1n) is 6.68. The Morgan fingerprint density at radius 1 is 1.13 bits per heavy atom. The Morgan fingerprint density at radius 3 is 2.57 bits per heavy atom. The summed E-state index contributed by atoms with van der Waals surface area (Å²) in [4.78, 5) is 16.1. The highest BCUT2D eigenvalue weighted by Crippen LogP contribution is 2.17. The highest BCUT2D eigenvalue weighted by atomic mass is 19.3. The maximum Gasteiger partial charge on any atom is 0.387 e. The molecule has 0 bridgehead atoms. The normalized spacial score (nSPS) is 10.9. The van der Waals surface area contributed by atoms with Gasteiger partial charge in [0.05, 0.1) is 5.56 Å². The van der Waals surface area contributed by atoms with Crippen LogP contribution in [-0.4, -0.2) is 17.6 Å². The molecule has 0 radical (unpaired) electrons. The number of alkyl halides is 2. The second kappa shape index (κ2) is 6.43. The van der Waals surface area contributed by atoms with E-state index in [1.165, 1.54) is 24.3 Å². The lowest BCUT2D eigenvalue weighted by Gasteiger charge is -2.05. The summed E-state index contributed by atoms with van der Waals surface area (Å²) in [5.74, 6) is -0.372. The van der Waals surface area contributed by atoms with Crippen molar-refractivity contribution in [3.8, 4) is 5.75 Å². The third-order valence-corrected chi connectivity index (χ3v) is 2.98. The van der Waals surface area contributed by atoms with Crippen LogP contribution in [0.15, 0.2) is 52.9 Å². The zero-order valence-corrected chi connectivity index (χ0v) is 11.7. The van der Waals surface area contributed by atoms with Gasteiger partial charge < -0.3 is 13.9 Å². The van der Waals surface area contributed by atoms with Crippen LogP contribution in [0.25, 0.3) is 11.1 Å². The number of oxazole rings is 1. The molecule has 0 aliphatic carbocycles. The van der Waals surface area contributed by atoms with Gasteiger partial charge in [0.25, 0.3) is 0 Å². The Labute approximate surface area is 129 Å². The molecule has 0 spiro atoms. The van der Waals surface area contributed by atoms with Crippen molar-refractivity contribution < 1.29 is 27.5 Å². The molecule has 1 aromatic heterocycles. The quantitative estimate of drug-likeness (QED) is 0.670. The van der Waals surface area contributed by atoms with Crippen molar-refractivity contribution in [3.05, 3.63) is 60.0 Å². The number of carbonyl (C=O) groups excluding carboxylic acids is 1. The van der Waals surface area contributed by atoms with Crippen molar-refractivity contribution in [2.45, 2.75) is 13.2 Å². The van der Waals surface area contributed by atoms with Crippen LogP contribution in [0.5, 0.6) is 5.75 Å². The van der Waals surface area contributed by atoms with Crippen molar-refractivity contribution >= 4 is 17.1 Å². The van der Waals surface area contributed by atoms with Crippen LogP contribution in [0.4, 0.5) is 8.78 Å². The van der Waals surface area contributed by atoms with Gasteiger partial charge in [0, 0.05) is 0 Å². The average molecular weight is 319 g/mol. The van der Waals surface area contributed by atoms with Crippen molar-refractivity contribution in [3.63, 3.8) is 0 Å². The lowest BCUT2D eigenvalue weighted by Crippen LogP contribution is -2.06. The molecular formula is C16H11F2NO4.